The Balaban J connectivity index is 1.47. The van der Waals surface area contributed by atoms with Gasteiger partial charge in [0.15, 0.2) is 20.3 Å². The van der Waals surface area contributed by atoms with Crippen molar-refractivity contribution in [2.45, 2.75) is 40.5 Å². The Kier molecular flexibility index (Phi) is 8.13. The van der Waals surface area contributed by atoms with Crippen LogP contribution in [0.3, 0.4) is 0 Å². The summed E-state index contributed by atoms with van der Waals surface area (Å²) in [6.45, 7) is 3.30. The van der Waals surface area contributed by atoms with Crippen LogP contribution in [0.15, 0.2) is 124 Å². The molecule has 0 aromatic heterocycles. The molecule has 0 unspecified atom stereocenters. The first-order valence-corrected chi connectivity index (χ1v) is 12.9. The van der Waals surface area contributed by atoms with Gasteiger partial charge in [0.05, 0.1) is 16.5 Å². The average Bonchev–Trinajstić information content (AvgIpc) is 2.89. The predicted octanol–water partition coefficient (Wildman–Crippen LogP) is 7.67. The summed E-state index contributed by atoms with van der Waals surface area (Å²) in [5.74, 6) is 4.83. The number of rotatable bonds is 6. The molecule has 0 aliphatic rings. The second-order valence-electron chi connectivity index (χ2n) is 8.68. The molecule has 0 saturated carbocycles. The molecule has 0 atom stereocenters. The minimum atomic E-state index is -4.76. The zero-order chi connectivity index (χ0) is 27.2. The maximum Gasteiger partial charge on any atom is 0.573 e. The highest BCUT2D eigenvalue weighted by molar-refractivity contribution is 7.97. The van der Waals surface area contributed by atoms with Gasteiger partial charge in [0, 0.05) is 5.56 Å². The van der Waals surface area contributed by atoms with Gasteiger partial charge >= 0.3 is 12.3 Å². The van der Waals surface area contributed by atoms with Crippen LogP contribution in [0.2, 0.25) is 0 Å². The highest BCUT2D eigenvalue weighted by Crippen LogP contribution is 2.31. The van der Waals surface area contributed by atoms with Gasteiger partial charge in [-0.1, -0.05) is 48.2 Å². The van der Waals surface area contributed by atoms with E-state index in [2.05, 4.69) is 40.8 Å². The van der Waals surface area contributed by atoms with Crippen molar-refractivity contribution in [3.63, 3.8) is 0 Å². The monoisotopic (exact) mass is 533 g/mol. The van der Waals surface area contributed by atoms with Gasteiger partial charge in [0.1, 0.15) is 5.75 Å². The van der Waals surface area contributed by atoms with Gasteiger partial charge in [-0.05, 0) is 86.6 Å². The predicted molar refractivity (Wildman–Crippen MR) is 141 cm³/mol. The van der Waals surface area contributed by atoms with E-state index in [1.165, 1.54) is 34.1 Å². The van der Waals surface area contributed by atoms with E-state index < -0.39 is 17.9 Å². The van der Waals surface area contributed by atoms with Crippen LogP contribution in [0.4, 0.5) is 13.2 Å². The Bertz CT molecular complexity index is 1380. The van der Waals surface area contributed by atoms with Gasteiger partial charge < -0.3 is 9.47 Å². The van der Waals surface area contributed by atoms with Crippen molar-refractivity contribution in [1.82, 2.24) is 0 Å². The number of hydrogen-bond acceptors (Lipinski definition) is 3. The summed E-state index contributed by atoms with van der Waals surface area (Å²) in [4.78, 5) is 16.3. The van der Waals surface area contributed by atoms with E-state index in [-0.39, 0.29) is 16.6 Å². The van der Waals surface area contributed by atoms with Crippen LogP contribution in [0.25, 0.3) is 0 Å². The molecule has 0 bridgehead atoms. The smallest absolute Gasteiger partial charge is 0.443 e. The third-order valence-electron chi connectivity index (χ3n) is 5.23. The summed E-state index contributed by atoms with van der Waals surface area (Å²) >= 11 is 0. The zero-order valence-corrected chi connectivity index (χ0v) is 21.5. The van der Waals surface area contributed by atoms with Gasteiger partial charge in [-0.2, -0.15) is 0 Å². The van der Waals surface area contributed by atoms with Crippen molar-refractivity contribution in [3.8, 4) is 17.6 Å². The van der Waals surface area contributed by atoms with Crippen LogP contribution < -0.4 is 4.74 Å². The molecule has 0 N–H and O–H groups in total. The van der Waals surface area contributed by atoms with Crippen LogP contribution in [0, 0.1) is 11.8 Å². The lowest BCUT2D eigenvalue weighted by Gasteiger charge is -2.19. The summed E-state index contributed by atoms with van der Waals surface area (Å²) < 4.78 is 46.5. The van der Waals surface area contributed by atoms with Gasteiger partial charge in [-0.3, -0.25) is 0 Å². The van der Waals surface area contributed by atoms with E-state index >= 15 is 0 Å². The molecule has 4 rings (SSSR count). The summed E-state index contributed by atoms with van der Waals surface area (Å²) in [5.41, 5.74) is -0.279. The summed E-state index contributed by atoms with van der Waals surface area (Å²) in [7, 11) is -0.333. The Hall–Kier alpha value is -4.15. The lowest BCUT2D eigenvalue weighted by Crippen LogP contribution is -2.26. The Labute approximate surface area is 222 Å². The van der Waals surface area contributed by atoms with Gasteiger partial charge in [0.25, 0.3) is 0 Å². The molecule has 0 fully saturated rings. The molecule has 0 spiro atoms. The summed E-state index contributed by atoms with van der Waals surface area (Å²) in [6.07, 6.45) is -4.76. The number of ether oxygens (including phenoxy) is 2. The number of benzene rings is 4. The first kappa shape index (κ1) is 26.9. The quantitative estimate of drug-likeness (QED) is 0.145. The minimum Gasteiger partial charge on any atom is -0.443 e. The molecule has 38 heavy (non-hydrogen) atoms. The van der Waals surface area contributed by atoms with Crippen LogP contribution in [-0.4, -0.2) is 17.9 Å². The van der Waals surface area contributed by atoms with Crippen LogP contribution in [-0.2, 0) is 15.6 Å². The first-order valence-electron chi connectivity index (χ1n) is 11.7. The highest BCUT2D eigenvalue weighted by atomic mass is 32.2. The van der Waals surface area contributed by atoms with Crippen LogP contribution in [0.5, 0.6) is 5.75 Å². The number of hydrogen-bond donors (Lipinski definition) is 0. The number of esters is 1. The van der Waals surface area contributed by atoms with Crippen molar-refractivity contribution in [1.29, 1.82) is 0 Å². The molecule has 4 aromatic rings. The van der Waals surface area contributed by atoms with Crippen molar-refractivity contribution in [2.75, 3.05) is 0 Å². The largest absolute Gasteiger partial charge is 0.573 e. The maximum absolute atomic E-state index is 12.9. The van der Waals surface area contributed by atoms with Crippen molar-refractivity contribution < 1.29 is 27.4 Å². The van der Waals surface area contributed by atoms with E-state index in [1.54, 1.807) is 26.0 Å². The Morgan fingerprint density at radius 3 is 1.71 bits per heavy atom. The standard InChI is InChI=1S/C31H24F3O3S/c1-30(2,22-21-23-13-17-25(18-14-23)36-31(32,33)34)37-29(35)24-15-19-28(20-16-24)38(26-9-5-3-6-10-26)27-11-7-4-8-12-27/h3-20H,1-2H3/q+1. The van der Waals surface area contributed by atoms with E-state index in [0.717, 1.165) is 4.90 Å². The Morgan fingerprint density at radius 2 is 1.21 bits per heavy atom. The molecule has 0 radical (unpaired) electrons. The minimum absolute atomic E-state index is 0.333. The molecule has 0 amide bonds. The zero-order valence-electron chi connectivity index (χ0n) is 20.7. The van der Waals surface area contributed by atoms with Gasteiger partial charge in [-0.25, -0.2) is 4.79 Å². The van der Waals surface area contributed by atoms with Gasteiger partial charge in [0.2, 0.25) is 0 Å². The lowest BCUT2D eigenvalue weighted by atomic mass is 10.1. The summed E-state index contributed by atoms with van der Waals surface area (Å²) in [5, 5.41) is 0. The molecule has 192 valence electrons. The molecule has 0 aliphatic heterocycles. The normalized spacial score (nSPS) is 11.4. The molecular weight excluding hydrogens is 509 g/mol. The number of alkyl halides is 3. The van der Waals surface area contributed by atoms with Crippen molar-refractivity contribution in [3.05, 3.63) is 120 Å². The van der Waals surface area contributed by atoms with Gasteiger partial charge in [-0.15, -0.1) is 13.2 Å². The second kappa shape index (κ2) is 11.5. The molecular formula is C31H24F3O3S+. The second-order valence-corrected chi connectivity index (χ2v) is 10.7. The fourth-order valence-electron chi connectivity index (χ4n) is 3.53. The third-order valence-corrected chi connectivity index (χ3v) is 7.46. The maximum atomic E-state index is 12.9. The van der Waals surface area contributed by atoms with E-state index in [4.69, 9.17) is 4.74 Å². The van der Waals surface area contributed by atoms with E-state index in [1.807, 2.05) is 48.5 Å². The van der Waals surface area contributed by atoms with E-state index in [0.29, 0.717) is 11.1 Å². The molecule has 0 heterocycles. The Morgan fingerprint density at radius 1 is 0.711 bits per heavy atom. The third kappa shape index (κ3) is 7.44. The van der Waals surface area contributed by atoms with Crippen LogP contribution in [0.1, 0.15) is 29.8 Å². The number of carbonyl (C=O) groups excluding carboxylic acids is 1. The highest BCUT2D eigenvalue weighted by Gasteiger charge is 2.31. The molecule has 4 aromatic carbocycles. The SMILES string of the molecule is CC(C)(C#Cc1ccc(OC(F)(F)F)cc1)OC(=O)c1ccc([S+](c2ccccc2)c2ccccc2)cc1. The molecule has 0 aliphatic carbocycles. The van der Waals surface area contributed by atoms with Crippen LogP contribution >= 0.6 is 0 Å². The fourth-order valence-corrected chi connectivity index (χ4v) is 5.61. The topological polar surface area (TPSA) is 35.5 Å². The average molecular weight is 534 g/mol. The number of halogens is 3. The van der Waals surface area contributed by atoms with Crippen molar-refractivity contribution in [2.24, 2.45) is 0 Å². The molecule has 0 saturated heterocycles. The first-order chi connectivity index (χ1) is 18.1. The van der Waals surface area contributed by atoms with Crippen molar-refractivity contribution >= 4 is 16.9 Å². The molecule has 3 nitrogen and oxygen atoms in total. The summed E-state index contributed by atoms with van der Waals surface area (Å²) in [6, 6.07) is 32.9. The fraction of sp³-hybridized carbons (Fsp3) is 0.129. The molecule has 7 heteroatoms. The lowest BCUT2D eigenvalue weighted by molar-refractivity contribution is -0.274. The number of carbonyl (C=O) groups is 1. The van der Waals surface area contributed by atoms with E-state index in [9.17, 15) is 18.0 Å².